The van der Waals surface area contributed by atoms with E-state index in [1.54, 1.807) is 0 Å². The van der Waals surface area contributed by atoms with E-state index in [1.165, 1.54) is 38.2 Å². The van der Waals surface area contributed by atoms with E-state index < -0.39 is 0 Å². The van der Waals surface area contributed by atoms with E-state index in [4.69, 9.17) is 5.41 Å². The number of carbonyl (C=O) groups excluding carboxylic acids is 1. The van der Waals surface area contributed by atoms with Crippen molar-refractivity contribution in [2.45, 2.75) is 72.3 Å². The second kappa shape index (κ2) is 10.9. The highest BCUT2D eigenvalue weighted by Gasteiger charge is 2.27. The average molecular weight is 432 g/mol. The Balaban J connectivity index is 2.04. The van der Waals surface area contributed by atoms with Crippen molar-refractivity contribution in [1.29, 1.82) is 5.41 Å². The Bertz CT molecular complexity index is 734. The van der Waals surface area contributed by atoms with E-state index in [0.29, 0.717) is 17.2 Å². The van der Waals surface area contributed by atoms with E-state index in [0.717, 1.165) is 32.6 Å². The van der Waals surface area contributed by atoms with Crippen molar-refractivity contribution >= 4 is 23.9 Å². The summed E-state index contributed by atoms with van der Waals surface area (Å²) in [5.74, 6) is 1.01. The lowest BCUT2D eigenvalue weighted by molar-refractivity contribution is 0.220. The third-order valence-electron chi connectivity index (χ3n) is 5.48. The van der Waals surface area contributed by atoms with Crippen LogP contribution in [0.4, 0.5) is 16.4 Å². The number of rotatable bonds is 8. The zero-order chi connectivity index (χ0) is 23.1. The van der Waals surface area contributed by atoms with Crippen molar-refractivity contribution in [1.82, 2.24) is 20.2 Å². The van der Waals surface area contributed by atoms with E-state index in [-0.39, 0.29) is 17.0 Å². The Morgan fingerprint density at radius 1 is 1.16 bits per heavy atom. The van der Waals surface area contributed by atoms with Crippen LogP contribution in [0.2, 0.25) is 0 Å². The molecule has 1 aliphatic rings. The predicted molar refractivity (Wildman–Crippen MR) is 128 cm³/mol. The first-order valence-electron chi connectivity index (χ1n) is 11.4. The summed E-state index contributed by atoms with van der Waals surface area (Å²) in [6.45, 7) is 14.5. The van der Waals surface area contributed by atoms with Gasteiger partial charge in [-0.2, -0.15) is 0 Å². The summed E-state index contributed by atoms with van der Waals surface area (Å²) in [5, 5.41) is 13.8. The van der Waals surface area contributed by atoms with E-state index >= 15 is 0 Å². The molecule has 0 unspecified atom stereocenters. The SMILES string of the molecule is CN(CCN1CCCCCC1)c1ncnc(NC(=O)NC(C)(C)CC(C)(C)C)c1C=N. The van der Waals surface area contributed by atoms with Crippen molar-refractivity contribution < 1.29 is 4.79 Å². The largest absolute Gasteiger partial charge is 0.358 e. The van der Waals surface area contributed by atoms with Crippen molar-refractivity contribution in [2.75, 3.05) is 43.4 Å². The molecule has 0 radical (unpaired) electrons. The second-order valence-corrected chi connectivity index (χ2v) is 10.5. The molecule has 1 fully saturated rings. The fourth-order valence-corrected chi connectivity index (χ4v) is 4.50. The number of carbonyl (C=O) groups is 1. The summed E-state index contributed by atoms with van der Waals surface area (Å²) in [7, 11) is 1.98. The minimum atomic E-state index is -0.368. The molecule has 0 aliphatic carbocycles. The molecular formula is C23H41N7O. The summed E-state index contributed by atoms with van der Waals surface area (Å²) >= 11 is 0. The third-order valence-corrected chi connectivity index (χ3v) is 5.48. The Morgan fingerprint density at radius 2 is 1.81 bits per heavy atom. The number of likely N-dealkylation sites (N-methyl/N-ethyl adjacent to an activating group) is 1. The fraction of sp³-hybridized carbons (Fsp3) is 0.739. The molecule has 0 spiro atoms. The van der Waals surface area contributed by atoms with Gasteiger partial charge >= 0.3 is 6.03 Å². The van der Waals surface area contributed by atoms with Gasteiger partial charge in [0.2, 0.25) is 0 Å². The molecule has 2 heterocycles. The molecule has 174 valence electrons. The quantitative estimate of drug-likeness (QED) is 0.538. The molecule has 1 aromatic rings. The van der Waals surface area contributed by atoms with Crippen LogP contribution in [0.5, 0.6) is 0 Å². The van der Waals surface area contributed by atoms with Crippen LogP contribution in [0.15, 0.2) is 6.33 Å². The Kier molecular flexibility index (Phi) is 8.79. The first-order chi connectivity index (χ1) is 14.5. The minimum Gasteiger partial charge on any atom is -0.358 e. The normalized spacial score (nSPS) is 15.8. The number of nitrogens with one attached hydrogen (secondary N) is 3. The number of anilines is 2. The van der Waals surface area contributed by atoms with Crippen molar-refractivity contribution in [3.05, 3.63) is 11.9 Å². The van der Waals surface area contributed by atoms with Crippen molar-refractivity contribution in [2.24, 2.45) is 5.41 Å². The van der Waals surface area contributed by atoms with E-state index in [2.05, 4.69) is 46.3 Å². The van der Waals surface area contributed by atoms with Crippen LogP contribution in [0.25, 0.3) is 0 Å². The van der Waals surface area contributed by atoms with Gasteiger partial charge in [-0.3, -0.25) is 5.32 Å². The number of urea groups is 1. The van der Waals surface area contributed by atoms with Gasteiger partial charge in [-0.1, -0.05) is 33.6 Å². The summed E-state index contributed by atoms with van der Waals surface area (Å²) in [6.07, 6.45) is 8.66. The third kappa shape index (κ3) is 8.44. The molecule has 2 rings (SSSR count). The molecule has 0 aromatic carbocycles. The summed E-state index contributed by atoms with van der Waals surface area (Å²) in [6, 6.07) is -0.325. The standard InChI is InChI=1S/C23H41N7O/c1-22(2,3)16-23(4,5)28-21(31)27-19-18(15-24)20(26-17-25-19)29(6)13-14-30-11-9-7-8-10-12-30/h15,17,24H,7-14,16H2,1-6H3,(H2,25,26,27,28,31). The van der Waals surface area contributed by atoms with Crippen LogP contribution < -0.4 is 15.5 Å². The van der Waals surface area contributed by atoms with Crippen LogP contribution in [0, 0.1) is 10.8 Å². The second-order valence-electron chi connectivity index (χ2n) is 10.5. The van der Waals surface area contributed by atoms with Gasteiger partial charge in [0.25, 0.3) is 0 Å². The first-order valence-corrected chi connectivity index (χ1v) is 11.4. The molecule has 8 heteroatoms. The lowest BCUT2D eigenvalue weighted by Gasteiger charge is -2.33. The van der Waals surface area contributed by atoms with Gasteiger partial charge in [0.15, 0.2) is 0 Å². The molecule has 8 nitrogen and oxygen atoms in total. The van der Waals surface area contributed by atoms with Gasteiger partial charge in [0, 0.05) is 31.9 Å². The van der Waals surface area contributed by atoms with Gasteiger partial charge in [0.1, 0.15) is 18.0 Å². The highest BCUT2D eigenvalue weighted by atomic mass is 16.2. The van der Waals surface area contributed by atoms with Crippen LogP contribution in [-0.4, -0.2) is 65.9 Å². The maximum absolute atomic E-state index is 12.6. The molecule has 3 N–H and O–H groups in total. The topological polar surface area (TPSA) is 97.2 Å². The summed E-state index contributed by atoms with van der Waals surface area (Å²) in [5.41, 5.74) is 0.242. The number of amides is 2. The molecule has 0 atom stereocenters. The molecule has 0 saturated carbocycles. The number of likely N-dealkylation sites (tertiary alicyclic amines) is 1. The smallest absolute Gasteiger partial charge is 0.320 e. The summed E-state index contributed by atoms with van der Waals surface area (Å²) in [4.78, 5) is 25.8. The highest BCUT2D eigenvalue weighted by molar-refractivity contribution is 5.97. The molecule has 31 heavy (non-hydrogen) atoms. The predicted octanol–water partition coefficient (Wildman–Crippen LogP) is 4.12. The van der Waals surface area contributed by atoms with E-state index in [1.807, 2.05) is 25.8 Å². The molecule has 0 bridgehead atoms. The number of aromatic nitrogens is 2. The monoisotopic (exact) mass is 431 g/mol. The lowest BCUT2D eigenvalue weighted by atomic mass is 9.82. The van der Waals surface area contributed by atoms with Crippen LogP contribution in [0.1, 0.15) is 72.3 Å². The van der Waals surface area contributed by atoms with Crippen molar-refractivity contribution in [3.63, 3.8) is 0 Å². The fourth-order valence-electron chi connectivity index (χ4n) is 4.50. The van der Waals surface area contributed by atoms with Gasteiger partial charge < -0.3 is 20.5 Å². The average Bonchev–Trinajstić information content (AvgIpc) is 2.92. The van der Waals surface area contributed by atoms with Crippen LogP contribution in [0.3, 0.4) is 0 Å². The van der Waals surface area contributed by atoms with Gasteiger partial charge in [-0.15, -0.1) is 0 Å². The van der Waals surface area contributed by atoms with Crippen molar-refractivity contribution in [3.8, 4) is 0 Å². The zero-order valence-electron chi connectivity index (χ0n) is 20.2. The van der Waals surface area contributed by atoms with Crippen LogP contribution >= 0.6 is 0 Å². The lowest BCUT2D eigenvalue weighted by Crippen LogP contribution is -2.47. The van der Waals surface area contributed by atoms with Gasteiger partial charge in [-0.25, -0.2) is 14.8 Å². The molecule has 2 amide bonds. The minimum absolute atomic E-state index is 0.0923. The van der Waals surface area contributed by atoms with E-state index in [9.17, 15) is 4.79 Å². The maximum atomic E-state index is 12.6. The Labute approximate surface area is 187 Å². The number of nitrogens with zero attached hydrogens (tertiary/aromatic N) is 4. The molecular weight excluding hydrogens is 390 g/mol. The number of hydrogen-bond donors (Lipinski definition) is 3. The molecule has 1 saturated heterocycles. The first kappa shape index (κ1) is 25.0. The Morgan fingerprint density at radius 3 is 2.39 bits per heavy atom. The Hall–Kier alpha value is -2.22. The van der Waals surface area contributed by atoms with Gasteiger partial charge in [0.05, 0.1) is 5.56 Å². The number of hydrogen-bond acceptors (Lipinski definition) is 6. The highest BCUT2D eigenvalue weighted by Crippen LogP contribution is 2.27. The van der Waals surface area contributed by atoms with Gasteiger partial charge in [-0.05, 0) is 51.6 Å². The molecule has 1 aromatic heterocycles. The summed E-state index contributed by atoms with van der Waals surface area (Å²) < 4.78 is 0. The van der Waals surface area contributed by atoms with Crippen LogP contribution in [-0.2, 0) is 0 Å². The molecule has 1 aliphatic heterocycles. The zero-order valence-corrected chi connectivity index (χ0v) is 20.2. The maximum Gasteiger partial charge on any atom is 0.320 e.